The zero-order valence-electron chi connectivity index (χ0n) is 15.1. The van der Waals surface area contributed by atoms with Crippen LogP contribution in [0.2, 0.25) is 0 Å². The molecule has 0 aliphatic carbocycles. The second kappa shape index (κ2) is 7.24. The summed E-state index contributed by atoms with van der Waals surface area (Å²) in [5.74, 6) is -2.18. The number of rotatable bonds is 5. The molecule has 1 amide bonds. The van der Waals surface area contributed by atoms with Crippen molar-refractivity contribution in [3.8, 4) is 22.8 Å². The highest BCUT2D eigenvalue weighted by Crippen LogP contribution is 2.34. The number of aromatic nitrogens is 2. The Balaban J connectivity index is 1.83. The Labute approximate surface area is 167 Å². The number of ether oxygens (including phenoxy) is 1. The third-order valence-corrected chi connectivity index (χ3v) is 4.34. The number of nitro groups is 1. The van der Waals surface area contributed by atoms with Gasteiger partial charge in [0.1, 0.15) is 28.8 Å². The lowest BCUT2D eigenvalue weighted by Crippen LogP contribution is -2.12. The van der Waals surface area contributed by atoms with Crippen LogP contribution in [-0.2, 0) is 0 Å². The van der Waals surface area contributed by atoms with Crippen molar-refractivity contribution in [3.63, 3.8) is 0 Å². The predicted molar refractivity (Wildman–Crippen MR) is 103 cm³/mol. The number of fused-ring (bicyclic) bond motifs is 1. The summed E-state index contributed by atoms with van der Waals surface area (Å²) in [5.41, 5.74) is 6.16. The van der Waals surface area contributed by atoms with Gasteiger partial charge in [0.15, 0.2) is 0 Å². The van der Waals surface area contributed by atoms with Crippen molar-refractivity contribution >= 4 is 22.5 Å². The van der Waals surface area contributed by atoms with Crippen molar-refractivity contribution in [2.45, 2.75) is 0 Å². The van der Waals surface area contributed by atoms with E-state index in [9.17, 15) is 23.7 Å². The van der Waals surface area contributed by atoms with Crippen molar-refractivity contribution < 1.29 is 23.2 Å². The lowest BCUT2D eigenvalue weighted by Gasteiger charge is -2.08. The number of carbonyl (C=O) groups is 1. The van der Waals surface area contributed by atoms with Crippen LogP contribution in [0.1, 0.15) is 10.4 Å². The molecule has 0 bridgehead atoms. The number of hydrogen-bond acceptors (Lipinski definition) is 5. The molecule has 0 unspecified atom stereocenters. The number of benzene rings is 3. The van der Waals surface area contributed by atoms with E-state index in [4.69, 9.17) is 10.5 Å². The number of nitro benzene ring substituents is 1. The lowest BCUT2D eigenvalue weighted by molar-refractivity contribution is -0.384. The van der Waals surface area contributed by atoms with Crippen LogP contribution in [0.15, 0.2) is 54.6 Å². The molecule has 1 heterocycles. The van der Waals surface area contributed by atoms with Gasteiger partial charge in [-0.05, 0) is 24.3 Å². The van der Waals surface area contributed by atoms with Gasteiger partial charge in [-0.15, -0.1) is 0 Å². The van der Waals surface area contributed by atoms with E-state index in [1.807, 2.05) is 0 Å². The quantitative estimate of drug-likeness (QED) is 0.375. The first kappa shape index (κ1) is 19.0. The standard InChI is InChI=1S/C20H12F2N4O4/c21-10-5-11(22)7-14(6-10)30-13-2-4-18-17(9-13)19(25-24-18)16-8-12(26(28)29)1-3-15(16)20(23)27/h1-9H,(H2,23,27)(H,24,25). The maximum absolute atomic E-state index is 13.4. The maximum Gasteiger partial charge on any atom is 0.270 e. The summed E-state index contributed by atoms with van der Waals surface area (Å²) in [7, 11) is 0. The van der Waals surface area contributed by atoms with E-state index >= 15 is 0 Å². The molecule has 4 aromatic rings. The number of amides is 1. The zero-order chi connectivity index (χ0) is 21.4. The normalized spacial score (nSPS) is 10.9. The molecule has 0 spiro atoms. The first-order chi connectivity index (χ1) is 14.3. The average molecular weight is 410 g/mol. The zero-order valence-corrected chi connectivity index (χ0v) is 15.1. The summed E-state index contributed by atoms with van der Waals surface area (Å²) >= 11 is 0. The van der Waals surface area contributed by atoms with Gasteiger partial charge in [0.05, 0.1) is 10.4 Å². The lowest BCUT2D eigenvalue weighted by atomic mass is 10.0. The number of non-ortho nitro benzene ring substituents is 1. The third-order valence-electron chi connectivity index (χ3n) is 4.34. The van der Waals surface area contributed by atoms with Gasteiger partial charge in [-0.2, -0.15) is 5.10 Å². The van der Waals surface area contributed by atoms with Crippen molar-refractivity contribution in [2.24, 2.45) is 5.73 Å². The molecular formula is C20H12F2N4O4. The van der Waals surface area contributed by atoms with E-state index in [0.29, 0.717) is 10.9 Å². The Hall–Kier alpha value is -4.34. The molecule has 0 radical (unpaired) electrons. The number of carbonyl (C=O) groups excluding carboxylic acids is 1. The van der Waals surface area contributed by atoms with Gasteiger partial charge in [0.2, 0.25) is 5.91 Å². The number of primary amides is 1. The molecule has 0 saturated heterocycles. The highest BCUT2D eigenvalue weighted by atomic mass is 19.1. The molecule has 0 aliphatic heterocycles. The molecular weight excluding hydrogens is 398 g/mol. The van der Waals surface area contributed by atoms with Crippen molar-refractivity contribution in [2.75, 3.05) is 0 Å². The fraction of sp³-hybridized carbons (Fsp3) is 0. The highest BCUT2D eigenvalue weighted by molar-refractivity contribution is 6.04. The van der Waals surface area contributed by atoms with Gasteiger partial charge >= 0.3 is 0 Å². The molecule has 150 valence electrons. The van der Waals surface area contributed by atoms with E-state index in [-0.39, 0.29) is 34.0 Å². The van der Waals surface area contributed by atoms with Crippen LogP contribution in [-0.4, -0.2) is 21.0 Å². The van der Waals surface area contributed by atoms with Crippen LogP contribution in [0, 0.1) is 21.7 Å². The summed E-state index contributed by atoms with van der Waals surface area (Å²) < 4.78 is 32.3. The molecule has 10 heteroatoms. The molecule has 4 rings (SSSR count). The van der Waals surface area contributed by atoms with E-state index in [1.165, 1.54) is 24.3 Å². The topological polar surface area (TPSA) is 124 Å². The summed E-state index contributed by atoms with van der Waals surface area (Å²) in [6.07, 6.45) is 0. The summed E-state index contributed by atoms with van der Waals surface area (Å²) in [6, 6.07) is 11.1. The fourth-order valence-electron chi connectivity index (χ4n) is 3.04. The van der Waals surface area contributed by atoms with Gasteiger partial charge in [-0.1, -0.05) is 0 Å². The summed E-state index contributed by atoms with van der Waals surface area (Å²) in [6.45, 7) is 0. The first-order valence-electron chi connectivity index (χ1n) is 8.52. The summed E-state index contributed by atoms with van der Waals surface area (Å²) in [4.78, 5) is 22.4. The predicted octanol–water partition coefficient (Wildman–Crippen LogP) is 4.31. The monoisotopic (exact) mass is 410 g/mol. The fourth-order valence-corrected chi connectivity index (χ4v) is 3.04. The van der Waals surface area contributed by atoms with E-state index in [1.54, 1.807) is 12.1 Å². The molecule has 0 saturated carbocycles. The smallest absolute Gasteiger partial charge is 0.270 e. The second-order valence-corrected chi connectivity index (χ2v) is 6.34. The number of nitrogens with zero attached hydrogens (tertiary/aromatic N) is 2. The minimum absolute atomic E-state index is 0.0486. The van der Waals surface area contributed by atoms with Crippen LogP contribution in [0.25, 0.3) is 22.2 Å². The Bertz CT molecular complexity index is 1300. The Morgan fingerprint density at radius 3 is 2.43 bits per heavy atom. The van der Waals surface area contributed by atoms with Crippen LogP contribution in [0.4, 0.5) is 14.5 Å². The summed E-state index contributed by atoms with van der Waals surface area (Å²) in [5, 5.41) is 18.5. The molecule has 3 aromatic carbocycles. The number of aromatic amines is 1. The number of nitrogens with one attached hydrogen (secondary N) is 1. The van der Waals surface area contributed by atoms with Gasteiger partial charge in [0.25, 0.3) is 5.69 Å². The van der Waals surface area contributed by atoms with Gasteiger partial charge in [0, 0.05) is 46.8 Å². The first-order valence-corrected chi connectivity index (χ1v) is 8.52. The molecule has 0 aliphatic rings. The van der Waals surface area contributed by atoms with E-state index in [0.717, 1.165) is 18.2 Å². The van der Waals surface area contributed by atoms with Crippen LogP contribution >= 0.6 is 0 Å². The van der Waals surface area contributed by atoms with E-state index < -0.39 is 22.5 Å². The SMILES string of the molecule is NC(=O)c1ccc([N+](=O)[O-])cc1-c1n[nH]c2ccc(Oc3cc(F)cc(F)c3)cc12. The minimum Gasteiger partial charge on any atom is -0.457 e. The molecule has 30 heavy (non-hydrogen) atoms. The van der Waals surface area contributed by atoms with Gasteiger partial charge in [-0.25, -0.2) is 8.78 Å². The largest absolute Gasteiger partial charge is 0.457 e. The van der Waals surface area contributed by atoms with Crippen molar-refractivity contribution in [3.05, 3.63) is 81.9 Å². The average Bonchev–Trinajstić information content (AvgIpc) is 3.09. The Kier molecular flexibility index (Phi) is 4.59. The second-order valence-electron chi connectivity index (χ2n) is 6.34. The van der Waals surface area contributed by atoms with Crippen molar-refractivity contribution in [1.82, 2.24) is 10.2 Å². The van der Waals surface area contributed by atoms with Gasteiger partial charge < -0.3 is 10.5 Å². The van der Waals surface area contributed by atoms with Crippen molar-refractivity contribution in [1.29, 1.82) is 0 Å². The Morgan fingerprint density at radius 1 is 1.03 bits per heavy atom. The third kappa shape index (κ3) is 3.53. The number of nitrogens with two attached hydrogens (primary N) is 1. The molecule has 0 fully saturated rings. The highest BCUT2D eigenvalue weighted by Gasteiger charge is 2.20. The van der Waals surface area contributed by atoms with Gasteiger partial charge in [-0.3, -0.25) is 20.0 Å². The van der Waals surface area contributed by atoms with Crippen LogP contribution in [0.3, 0.4) is 0 Å². The molecule has 3 N–H and O–H groups in total. The maximum atomic E-state index is 13.4. The minimum atomic E-state index is -0.794. The van der Waals surface area contributed by atoms with E-state index in [2.05, 4.69) is 10.2 Å². The number of H-pyrrole nitrogens is 1. The number of halogens is 2. The van der Waals surface area contributed by atoms with Crippen LogP contribution in [0.5, 0.6) is 11.5 Å². The molecule has 0 atom stereocenters. The molecule has 1 aromatic heterocycles. The Morgan fingerprint density at radius 2 is 1.77 bits per heavy atom. The van der Waals surface area contributed by atoms with Crippen LogP contribution < -0.4 is 10.5 Å². The molecule has 8 nitrogen and oxygen atoms in total. The number of hydrogen-bond donors (Lipinski definition) is 2.